The van der Waals surface area contributed by atoms with Gasteiger partial charge in [-0.25, -0.2) is 4.39 Å². The largest absolute Gasteiger partial charge is 0.497 e. The first-order valence-electron chi connectivity index (χ1n) is 8.90. The van der Waals surface area contributed by atoms with E-state index < -0.39 is 0 Å². The lowest BCUT2D eigenvalue weighted by Crippen LogP contribution is -2.38. The van der Waals surface area contributed by atoms with Crippen LogP contribution in [-0.4, -0.2) is 45.4 Å². The van der Waals surface area contributed by atoms with Crippen molar-refractivity contribution in [2.75, 3.05) is 34.4 Å². The number of rotatable bonds is 6. The molecule has 1 heterocycles. The minimum atomic E-state index is -0.357. The van der Waals surface area contributed by atoms with E-state index in [0.717, 1.165) is 54.9 Å². The molecular weight excluding hydrogens is 333 g/mol. The number of methoxy groups -OCH3 is 3. The van der Waals surface area contributed by atoms with Crippen LogP contribution in [0.4, 0.5) is 4.39 Å². The summed E-state index contributed by atoms with van der Waals surface area (Å²) in [6.07, 6.45) is 2.49. The van der Waals surface area contributed by atoms with E-state index in [0.29, 0.717) is 0 Å². The quantitative estimate of drug-likeness (QED) is 0.776. The minimum Gasteiger partial charge on any atom is -0.497 e. The van der Waals surface area contributed by atoms with Crippen molar-refractivity contribution < 1.29 is 18.6 Å². The molecule has 3 rings (SSSR count). The molecule has 1 atom stereocenters. The molecule has 0 N–H and O–H groups in total. The Morgan fingerprint density at radius 2 is 1.92 bits per heavy atom. The highest BCUT2D eigenvalue weighted by Gasteiger charge is 2.21. The fraction of sp³-hybridized carbons (Fsp3) is 0.429. The van der Waals surface area contributed by atoms with Crippen molar-refractivity contribution in [3.05, 3.63) is 47.8 Å². The smallest absolute Gasteiger partial charge is 0.165 e. The summed E-state index contributed by atoms with van der Waals surface area (Å²) in [6.45, 7) is 2.72. The average Bonchev–Trinajstić information content (AvgIpc) is 2.68. The Morgan fingerprint density at radius 3 is 2.62 bits per heavy atom. The first-order valence-corrected chi connectivity index (χ1v) is 8.90. The molecule has 1 aliphatic rings. The summed E-state index contributed by atoms with van der Waals surface area (Å²) in [5.41, 5.74) is 2.96. The molecule has 0 saturated carbocycles. The van der Waals surface area contributed by atoms with Crippen molar-refractivity contribution >= 4 is 0 Å². The van der Waals surface area contributed by atoms with Gasteiger partial charge in [0, 0.05) is 20.2 Å². The predicted molar refractivity (Wildman–Crippen MR) is 100 cm³/mol. The lowest BCUT2D eigenvalue weighted by Gasteiger charge is -2.32. The number of hydrogen-bond acceptors (Lipinski definition) is 4. The predicted octanol–water partition coefficient (Wildman–Crippen LogP) is 4.12. The molecule has 1 unspecified atom stereocenters. The Labute approximate surface area is 154 Å². The van der Waals surface area contributed by atoms with Crippen molar-refractivity contribution in [3.8, 4) is 22.6 Å². The second-order valence-electron chi connectivity index (χ2n) is 6.61. The second kappa shape index (κ2) is 8.52. The fourth-order valence-corrected chi connectivity index (χ4v) is 3.53. The van der Waals surface area contributed by atoms with E-state index in [1.54, 1.807) is 20.3 Å². The normalized spacial score (nSPS) is 17.9. The lowest BCUT2D eigenvalue weighted by atomic mass is 9.97. The summed E-state index contributed by atoms with van der Waals surface area (Å²) in [6, 6.07) is 11.0. The van der Waals surface area contributed by atoms with E-state index >= 15 is 0 Å². The van der Waals surface area contributed by atoms with Gasteiger partial charge in [0.25, 0.3) is 0 Å². The van der Waals surface area contributed by atoms with Gasteiger partial charge in [0.05, 0.1) is 20.3 Å². The highest BCUT2D eigenvalue weighted by molar-refractivity contribution is 5.69. The summed E-state index contributed by atoms with van der Waals surface area (Å²) in [7, 11) is 4.90. The number of ether oxygens (including phenoxy) is 3. The number of nitrogens with zero attached hydrogens (tertiary/aromatic N) is 1. The van der Waals surface area contributed by atoms with Crippen LogP contribution >= 0.6 is 0 Å². The van der Waals surface area contributed by atoms with Gasteiger partial charge in [-0.15, -0.1) is 0 Å². The summed E-state index contributed by atoms with van der Waals surface area (Å²) in [5.74, 6) is 0.699. The van der Waals surface area contributed by atoms with E-state index in [9.17, 15) is 4.39 Å². The van der Waals surface area contributed by atoms with Crippen LogP contribution in [0.1, 0.15) is 18.4 Å². The molecular formula is C21H26FNO3. The van der Waals surface area contributed by atoms with Crippen LogP contribution in [0, 0.1) is 5.82 Å². The second-order valence-corrected chi connectivity index (χ2v) is 6.61. The van der Waals surface area contributed by atoms with Gasteiger partial charge in [-0.2, -0.15) is 0 Å². The maximum absolute atomic E-state index is 14.2. The van der Waals surface area contributed by atoms with Gasteiger partial charge < -0.3 is 14.2 Å². The Morgan fingerprint density at radius 1 is 1.08 bits per heavy atom. The van der Waals surface area contributed by atoms with Crippen LogP contribution in [0.3, 0.4) is 0 Å². The highest BCUT2D eigenvalue weighted by Crippen LogP contribution is 2.31. The molecule has 0 spiro atoms. The summed E-state index contributed by atoms with van der Waals surface area (Å²) in [5, 5.41) is 0. The van der Waals surface area contributed by atoms with Crippen LogP contribution in [0.25, 0.3) is 11.1 Å². The van der Waals surface area contributed by atoms with E-state index in [2.05, 4.69) is 4.90 Å². The fourth-order valence-electron chi connectivity index (χ4n) is 3.53. The third-order valence-corrected chi connectivity index (χ3v) is 4.96. The third kappa shape index (κ3) is 4.17. The van der Waals surface area contributed by atoms with Gasteiger partial charge in [-0.3, -0.25) is 4.90 Å². The van der Waals surface area contributed by atoms with Gasteiger partial charge >= 0.3 is 0 Å². The maximum Gasteiger partial charge on any atom is 0.165 e. The molecule has 0 radical (unpaired) electrons. The number of benzene rings is 2. The molecule has 0 amide bonds. The Kier molecular flexibility index (Phi) is 6.12. The number of halogens is 1. The molecule has 1 aliphatic heterocycles. The minimum absolute atomic E-state index is 0.253. The first kappa shape index (κ1) is 18.7. The molecule has 26 heavy (non-hydrogen) atoms. The maximum atomic E-state index is 14.2. The monoisotopic (exact) mass is 359 g/mol. The molecule has 140 valence electrons. The third-order valence-electron chi connectivity index (χ3n) is 4.96. The van der Waals surface area contributed by atoms with Gasteiger partial charge in [-0.05, 0) is 60.3 Å². The molecule has 1 saturated heterocycles. The molecule has 0 bridgehead atoms. The van der Waals surface area contributed by atoms with Crippen LogP contribution in [-0.2, 0) is 11.3 Å². The zero-order valence-corrected chi connectivity index (χ0v) is 15.6. The van der Waals surface area contributed by atoms with Crippen molar-refractivity contribution in [3.63, 3.8) is 0 Å². The topological polar surface area (TPSA) is 30.9 Å². The Bertz CT molecular complexity index is 750. The Hall–Kier alpha value is -2.11. The van der Waals surface area contributed by atoms with Crippen LogP contribution in [0.2, 0.25) is 0 Å². The summed E-state index contributed by atoms with van der Waals surface area (Å²) < 4.78 is 30.2. The molecule has 2 aromatic carbocycles. The van der Waals surface area contributed by atoms with Gasteiger partial charge in [-0.1, -0.05) is 12.1 Å². The number of likely N-dealkylation sites (tertiary alicyclic amines) is 1. The molecule has 2 aromatic rings. The average molecular weight is 359 g/mol. The number of piperidine rings is 1. The number of hydrogen-bond donors (Lipinski definition) is 0. The summed E-state index contributed by atoms with van der Waals surface area (Å²) in [4.78, 5) is 2.38. The van der Waals surface area contributed by atoms with Crippen LogP contribution < -0.4 is 9.47 Å². The van der Waals surface area contributed by atoms with E-state index in [1.165, 1.54) is 13.2 Å². The molecule has 5 heteroatoms. The van der Waals surface area contributed by atoms with Crippen LogP contribution in [0.15, 0.2) is 36.4 Å². The van der Waals surface area contributed by atoms with Gasteiger partial charge in [0.2, 0.25) is 0 Å². The van der Waals surface area contributed by atoms with Crippen molar-refractivity contribution in [2.45, 2.75) is 25.5 Å². The molecule has 4 nitrogen and oxygen atoms in total. The standard InChI is InChI=1S/C21H26FNO3/c1-24-17-7-8-19(15-6-9-21(26-3)20(22)12-15)16(11-17)13-23-10-4-5-18(14-23)25-2/h6-9,11-12,18H,4-5,10,13-14H2,1-3H3. The lowest BCUT2D eigenvalue weighted by molar-refractivity contribution is 0.0286. The molecule has 0 aliphatic carbocycles. The first-order chi connectivity index (χ1) is 12.6. The van der Waals surface area contributed by atoms with Crippen molar-refractivity contribution in [2.24, 2.45) is 0 Å². The zero-order valence-electron chi connectivity index (χ0n) is 15.6. The van der Waals surface area contributed by atoms with Crippen LogP contribution in [0.5, 0.6) is 11.5 Å². The molecule has 0 aromatic heterocycles. The highest BCUT2D eigenvalue weighted by atomic mass is 19.1. The zero-order chi connectivity index (χ0) is 18.5. The van der Waals surface area contributed by atoms with Gasteiger partial charge in [0.1, 0.15) is 5.75 Å². The van der Waals surface area contributed by atoms with Crippen molar-refractivity contribution in [1.82, 2.24) is 4.90 Å². The Balaban J connectivity index is 1.91. The van der Waals surface area contributed by atoms with Crippen molar-refractivity contribution in [1.29, 1.82) is 0 Å². The van der Waals surface area contributed by atoms with E-state index in [4.69, 9.17) is 14.2 Å². The van der Waals surface area contributed by atoms with Gasteiger partial charge in [0.15, 0.2) is 11.6 Å². The van der Waals surface area contributed by atoms with E-state index in [-0.39, 0.29) is 17.7 Å². The summed E-state index contributed by atoms with van der Waals surface area (Å²) >= 11 is 0. The SMILES string of the molecule is COc1ccc(-c2ccc(OC)c(F)c2)c(CN2CCCC(OC)C2)c1. The van der Waals surface area contributed by atoms with E-state index in [1.807, 2.05) is 24.3 Å². The molecule has 1 fully saturated rings.